The molecule has 140 valence electrons. The maximum atomic E-state index is 12.8. The number of hydrogen-bond acceptors (Lipinski definition) is 4. The molecule has 0 spiro atoms. The van der Waals surface area contributed by atoms with Crippen molar-refractivity contribution in [3.05, 3.63) is 39.1 Å². The summed E-state index contributed by atoms with van der Waals surface area (Å²) >= 11 is 3.57. The van der Waals surface area contributed by atoms with Crippen LogP contribution >= 0.6 is 15.9 Å². The van der Waals surface area contributed by atoms with Gasteiger partial charge in [0.2, 0.25) is 5.91 Å². The number of ether oxygens (including phenoxy) is 2. The summed E-state index contributed by atoms with van der Waals surface area (Å²) in [6, 6.07) is 3.65. The largest absolute Gasteiger partial charge is 0.486 e. The Morgan fingerprint density at radius 2 is 1.85 bits per heavy atom. The van der Waals surface area contributed by atoms with Gasteiger partial charge in [-0.1, -0.05) is 15.9 Å². The van der Waals surface area contributed by atoms with Crippen LogP contribution in [0.3, 0.4) is 0 Å². The zero-order valence-corrected chi connectivity index (χ0v) is 17.3. The number of fused-ring (bicyclic) bond motifs is 1. The molecule has 0 saturated heterocycles. The van der Waals surface area contributed by atoms with Crippen LogP contribution in [0.25, 0.3) is 0 Å². The Kier molecular flexibility index (Phi) is 5.27. The molecule has 2 unspecified atom stereocenters. The minimum atomic E-state index is -0.276. The van der Waals surface area contributed by atoms with E-state index >= 15 is 0 Å². The van der Waals surface area contributed by atoms with Crippen molar-refractivity contribution in [2.75, 3.05) is 13.2 Å². The highest BCUT2D eigenvalue weighted by molar-refractivity contribution is 9.10. The first-order valence-electron chi connectivity index (χ1n) is 8.69. The predicted molar refractivity (Wildman–Crippen MR) is 103 cm³/mol. The molecule has 0 aliphatic carbocycles. The summed E-state index contributed by atoms with van der Waals surface area (Å²) in [5.41, 5.74) is 3.84. The molecule has 0 fully saturated rings. The van der Waals surface area contributed by atoms with Crippen LogP contribution in [0.2, 0.25) is 0 Å². The summed E-state index contributed by atoms with van der Waals surface area (Å²) in [5, 5.41) is 7.52. The fourth-order valence-electron chi connectivity index (χ4n) is 3.38. The van der Waals surface area contributed by atoms with E-state index in [0.717, 1.165) is 32.7 Å². The summed E-state index contributed by atoms with van der Waals surface area (Å²) in [6.45, 7) is 8.88. The topological polar surface area (TPSA) is 65.4 Å². The third kappa shape index (κ3) is 3.45. The zero-order chi connectivity index (χ0) is 19.0. The van der Waals surface area contributed by atoms with E-state index in [1.54, 1.807) is 0 Å². The van der Waals surface area contributed by atoms with Crippen LogP contribution < -0.4 is 14.8 Å². The van der Waals surface area contributed by atoms with Crippen LogP contribution in [-0.2, 0) is 11.8 Å². The van der Waals surface area contributed by atoms with E-state index in [4.69, 9.17) is 9.47 Å². The third-order valence-corrected chi connectivity index (χ3v) is 5.56. The van der Waals surface area contributed by atoms with Crippen molar-refractivity contribution in [3.8, 4) is 11.5 Å². The minimum absolute atomic E-state index is 0.0292. The predicted octanol–water partition coefficient (Wildman–Crippen LogP) is 3.55. The van der Waals surface area contributed by atoms with Gasteiger partial charge in [0.25, 0.3) is 0 Å². The third-order valence-electron chi connectivity index (χ3n) is 4.88. The number of aryl methyl sites for hydroxylation is 2. The molecule has 1 aliphatic heterocycles. The average molecular weight is 422 g/mol. The van der Waals surface area contributed by atoms with Gasteiger partial charge in [0.1, 0.15) is 13.2 Å². The lowest BCUT2D eigenvalue weighted by atomic mass is 9.97. The molecule has 0 saturated carbocycles. The van der Waals surface area contributed by atoms with Crippen LogP contribution in [0.1, 0.15) is 48.3 Å². The molecule has 1 aliphatic rings. The van der Waals surface area contributed by atoms with E-state index < -0.39 is 0 Å². The lowest BCUT2D eigenvalue weighted by Crippen LogP contribution is -2.31. The molecule has 1 aromatic carbocycles. The first-order valence-corrected chi connectivity index (χ1v) is 9.48. The number of rotatable bonds is 4. The van der Waals surface area contributed by atoms with Crippen LogP contribution in [0, 0.1) is 13.8 Å². The zero-order valence-electron chi connectivity index (χ0n) is 15.7. The van der Waals surface area contributed by atoms with Gasteiger partial charge in [0, 0.05) is 22.8 Å². The van der Waals surface area contributed by atoms with E-state index in [-0.39, 0.29) is 17.9 Å². The van der Waals surface area contributed by atoms with Gasteiger partial charge in [-0.25, -0.2) is 0 Å². The molecule has 1 aromatic heterocycles. The quantitative estimate of drug-likeness (QED) is 0.819. The molecular weight excluding hydrogens is 398 g/mol. The van der Waals surface area contributed by atoms with Crippen LogP contribution in [-0.4, -0.2) is 28.9 Å². The second-order valence-electron chi connectivity index (χ2n) is 6.68. The highest BCUT2D eigenvalue weighted by Crippen LogP contribution is 2.38. The number of halogens is 1. The van der Waals surface area contributed by atoms with Gasteiger partial charge in [0.15, 0.2) is 11.5 Å². The van der Waals surface area contributed by atoms with Gasteiger partial charge in [-0.2, -0.15) is 5.10 Å². The molecule has 1 N–H and O–H groups in total. The first kappa shape index (κ1) is 18.8. The summed E-state index contributed by atoms with van der Waals surface area (Å²) in [6.07, 6.45) is 0. The van der Waals surface area contributed by atoms with E-state index in [1.165, 1.54) is 0 Å². The molecule has 6 nitrogen and oxygen atoms in total. The smallest absolute Gasteiger partial charge is 0.227 e. The highest BCUT2D eigenvalue weighted by Gasteiger charge is 2.25. The number of carbonyl (C=O) groups is 1. The lowest BCUT2D eigenvalue weighted by Gasteiger charge is -2.23. The van der Waals surface area contributed by atoms with Crippen LogP contribution in [0.15, 0.2) is 16.6 Å². The van der Waals surface area contributed by atoms with Crippen molar-refractivity contribution in [2.45, 2.75) is 39.7 Å². The number of benzene rings is 1. The monoisotopic (exact) mass is 421 g/mol. The summed E-state index contributed by atoms with van der Waals surface area (Å²) in [4.78, 5) is 12.8. The van der Waals surface area contributed by atoms with Gasteiger partial charge in [-0.3, -0.25) is 9.48 Å². The van der Waals surface area contributed by atoms with Crippen molar-refractivity contribution in [1.82, 2.24) is 15.1 Å². The Labute approximate surface area is 162 Å². The fraction of sp³-hybridized carbons (Fsp3) is 0.474. The van der Waals surface area contributed by atoms with Crippen molar-refractivity contribution < 1.29 is 14.3 Å². The number of hydrogen-bond donors (Lipinski definition) is 1. The van der Waals surface area contributed by atoms with Crippen LogP contribution in [0.5, 0.6) is 11.5 Å². The molecule has 26 heavy (non-hydrogen) atoms. The van der Waals surface area contributed by atoms with Crippen LogP contribution in [0.4, 0.5) is 0 Å². The molecule has 2 heterocycles. The summed E-state index contributed by atoms with van der Waals surface area (Å²) in [7, 11) is 1.89. The van der Waals surface area contributed by atoms with Gasteiger partial charge < -0.3 is 14.8 Å². The molecule has 1 amide bonds. The van der Waals surface area contributed by atoms with Crippen molar-refractivity contribution in [2.24, 2.45) is 7.05 Å². The molecule has 3 rings (SSSR count). The number of carbonyl (C=O) groups excluding carboxylic acids is 1. The fourth-order valence-corrected chi connectivity index (χ4v) is 4.04. The molecule has 0 bridgehead atoms. The van der Waals surface area contributed by atoms with Gasteiger partial charge in [-0.05, 0) is 45.4 Å². The van der Waals surface area contributed by atoms with Gasteiger partial charge >= 0.3 is 0 Å². The standard InChI is InChI=1S/C19H24BrN3O3/c1-10(18-12(3)22-23(5)13(18)4)19(24)21-11(2)14-8-16-17(9-15(14)20)26-7-6-25-16/h8-11H,6-7H2,1-5H3,(H,21,24). The molecule has 7 heteroatoms. The Bertz CT molecular complexity index is 847. The Balaban J connectivity index is 1.79. The van der Waals surface area contributed by atoms with E-state index in [9.17, 15) is 4.79 Å². The van der Waals surface area contributed by atoms with Crippen molar-refractivity contribution in [1.29, 1.82) is 0 Å². The Morgan fingerprint density at radius 3 is 2.42 bits per heavy atom. The van der Waals surface area contributed by atoms with E-state index in [2.05, 4.69) is 26.3 Å². The normalized spacial score (nSPS) is 15.5. The van der Waals surface area contributed by atoms with Gasteiger partial charge in [0.05, 0.1) is 17.7 Å². The maximum absolute atomic E-state index is 12.8. The summed E-state index contributed by atoms with van der Waals surface area (Å²) in [5.74, 6) is 1.13. The maximum Gasteiger partial charge on any atom is 0.227 e. The molecular formula is C19H24BrN3O3. The lowest BCUT2D eigenvalue weighted by molar-refractivity contribution is -0.122. The Morgan fingerprint density at radius 1 is 1.23 bits per heavy atom. The second kappa shape index (κ2) is 7.31. The van der Waals surface area contributed by atoms with E-state index in [1.807, 2.05) is 51.6 Å². The van der Waals surface area contributed by atoms with E-state index in [0.29, 0.717) is 19.0 Å². The number of aromatic nitrogens is 2. The number of nitrogens with zero attached hydrogens (tertiary/aromatic N) is 2. The highest BCUT2D eigenvalue weighted by atomic mass is 79.9. The minimum Gasteiger partial charge on any atom is -0.486 e. The first-order chi connectivity index (χ1) is 12.3. The number of amides is 1. The van der Waals surface area contributed by atoms with Gasteiger partial charge in [-0.15, -0.1) is 0 Å². The SMILES string of the molecule is Cc1nn(C)c(C)c1C(C)C(=O)NC(C)c1cc2c(cc1Br)OCCO2. The summed E-state index contributed by atoms with van der Waals surface area (Å²) < 4.78 is 13.9. The Hall–Kier alpha value is -2.02. The molecule has 2 aromatic rings. The van der Waals surface area contributed by atoms with Crippen molar-refractivity contribution in [3.63, 3.8) is 0 Å². The number of nitrogens with one attached hydrogen (secondary N) is 1. The average Bonchev–Trinajstić information content (AvgIpc) is 2.85. The van der Waals surface area contributed by atoms with Crippen molar-refractivity contribution >= 4 is 21.8 Å². The second-order valence-corrected chi connectivity index (χ2v) is 7.53. The molecule has 0 radical (unpaired) electrons. The molecule has 2 atom stereocenters.